The lowest BCUT2D eigenvalue weighted by Gasteiger charge is -2.17. The van der Waals surface area contributed by atoms with Crippen LogP contribution in [0.5, 0.6) is 0 Å². The van der Waals surface area contributed by atoms with Gasteiger partial charge in [0, 0.05) is 41.8 Å². The second-order valence-electron chi connectivity index (χ2n) is 10.6. The Labute approximate surface area is 235 Å². The number of ketones is 1. The van der Waals surface area contributed by atoms with E-state index in [1.165, 1.54) is 37.6 Å². The molecule has 0 unspecified atom stereocenters. The lowest BCUT2D eigenvalue weighted by Crippen LogP contribution is -2.18. The van der Waals surface area contributed by atoms with Crippen LogP contribution in [-0.4, -0.2) is 28.7 Å². The van der Waals surface area contributed by atoms with Gasteiger partial charge in [0.05, 0.1) is 16.6 Å². The van der Waals surface area contributed by atoms with Gasteiger partial charge in [0.2, 0.25) is 0 Å². The Morgan fingerprint density at radius 2 is 1.73 bits per heavy atom. The number of aromatic nitrogens is 2. The second-order valence-corrected chi connectivity index (χ2v) is 10.6. The van der Waals surface area contributed by atoms with Crippen molar-refractivity contribution in [3.8, 4) is 22.5 Å². The van der Waals surface area contributed by atoms with Crippen molar-refractivity contribution in [3.63, 3.8) is 0 Å². The van der Waals surface area contributed by atoms with Crippen molar-refractivity contribution in [1.82, 2.24) is 15.3 Å². The summed E-state index contributed by atoms with van der Waals surface area (Å²) >= 11 is 0. The lowest BCUT2D eigenvalue weighted by atomic mass is 9.87. The van der Waals surface area contributed by atoms with E-state index in [-0.39, 0.29) is 39.1 Å². The highest BCUT2D eigenvalue weighted by molar-refractivity contribution is 6.12. The first-order chi connectivity index (χ1) is 19.7. The van der Waals surface area contributed by atoms with Gasteiger partial charge < -0.3 is 9.73 Å². The maximum Gasteiger partial charge on any atom is 0.255 e. The molecule has 206 valence electrons. The molecule has 0 bridgehead atoms. The predicted molar refractivity (Wildman–Crippen MR) is 152 cm³/mol. The first-order valence-electron chi connectivity index (χ1n) is 13.4. The Kier molecular flexibility index (Phi) is 6.49. The van der Waals surface area contributed by atoms with Crippen molar-refractivity contribution in [1.29, 1.82) is 0 Å². The predicted octanol–water partition coefficient (Wildman–Crippen LogP) is 7.12. The molecule has 6 rings (SSSR count). The van der Waals surface area contributed by atoms with Crippen LogP contribution >= 0.6 is 0 Å². The Morgan fingerprint density at radius 1 is 0.976 bits per heavy atom. The Morgan fingerprint density at radius 3 is 2.39 bits per heavy atom. The number of carbonyl (C=O) groups excluding carboxylic acids is 2. The van der Waals surface area contributed by atoms with Crippen molar-refractivity contribution in [2.75, 3.05) is 7.05 Å². The number of fused-ring (bicyclic) bond motifs is 1. The molecule has 1 aliphatic carbocycles. The summed E-state index contributed by atoms with van der Waals surface area (Å²) in [6.07, 6.45) is 5.23. The second kappa shape index (κ2) is 10.0. The molecule has 3 aromatic carbocycles. The highest BCUT2D eigenvalue weighted by atomic mass is 19.1. The highest BCUT2D eigenvalue weighted by Gasteiger charge is 2.47. The van der Waals surface area contributed by atoms with Crippen molar-refractivity contribution >= 4 is 22.7 Å². The fourth-order valence-corrected chi connectivity index (χ4v) is 5.63. The van der Waals surface area contributed by atoms with Gasteiger partial charge in [-0.05, 0) is 91.9 Å². The molecule has 1 saturated carbocycles. The number of nitrogens with one attached hydrogen (secondary N) is 1. The van der Waals surface area contributed by atoms with E-state index in [4.69, 9.17) is 4.42 Å². The molecule has 41 heavy (non-hydrogen) atoms. The van der Waals surface area contributed by atoms with Crippen molar-refractivity contribution < 1.29 is 22.8 Å². The molecule has 1 amide bonds. The van der Waals surface area contributed by atoms with Crippen LogP contribution in [0.2, 0.25) is 0 Å². The van der Waals surface area contributed by atoms with E-state index in [1.807, 2.05) is 26.0 Å². The summed E-state index contributed by atoms with van der Waals surface area (Å²) in [4.78, 5) is 35.0. The largest absolute Gasteiger partial charge is 0.455 e. The number of hydrogen-bond acceptors (Lipinski definition) is 5. The van der Waals surface area contributed by atoms with E-state index in [1.54, 1.807) is 24.4 Å². The summed E-state index contributed by atoms with van der Waals surface area (Å²) in [5.41, 5.74) is 4.15. The fraction of sp³-hybridized carbons (Fsp3) is 0.212. The Hall–Kier alpha value is -4.72. The molecule has 1 fully saturated rings. The third kappa shape index (κ3) is 4.59. The van der Waals surface area contributed by atoms with E-state index in [9.17, 15) is 14.0 Å². The van der Waals surface area contributed by atoms with Gasteiger partial charge >= 0.3 is 0 Å². The summed E-state index contributed by atoms with van der Waals surface area (Å²) in [6, 6.07) is 14.2. The fourth-order valence-electron chi connectivity index (χ4n) is 5.63. The molecule has 0 aliphatic heterocycles. The monoisotopic (exact) mass is 551 g/mol. The minimum absolute atomic E-state index is 0.0229. The zero-order valence-electron chi connectivity index (χ0n) is 22.8. The van der Waals surface area contributed by atoms with Gasteiger partial charge in [-0.25, -0.2) is 18.7 Å². The van der Waals surface area contributed by atoms with Gasteiger partial charge in [0.25, 0.3) is 5.91 Å². The van der Waals surface area contributed by atoms with Crippen molar-refractivity contribution in [2.45, 2.75) is 38.5 Å². The van der Waals surface area contributed by atoms with Gasteiger partial charge in [0.1, 0.15) is 29.3 Å². The molecule has 1 aliphatic rings. The van der Waals surface area contributed by atoms with Crippen molar-refractivity contribution in [3.05, 3.63) is 107 Å². The summed E-state index contributed by atoms with van der Waals surface area (Å²) in [7, 11) is 1.45. The average molecular weight is 552 g/mol. The van der Waals surface area contributed by atoms with E-state index in [0.717, 1.165) is 29.7 Å². The molecule has 8 heteroatoms. The minimum Gasteiger partial charge on any atom is -0.455 e. The third-order valence-corrected chi connectivity index (χ3v) is 7.99. The normalized spacial score (nSPS) is 13.8. The molecular formula is C33H27F2N3O3. The van der Waals surface area contributed by atoms with Crippen molar-refractivity contribution in [2.24, 2.45) is 0 Å². The van der Waals surface area contributed by atoms with Gasteiger partial charge in [-0.1, -0.05) is 6.07 Å². The molecular weight excluding hydrogens is 524 g/mol. The zero-order valence-corrected chi connectivity index (χ0v) is 22.8. The van der Waals surface area contributed by atoms with Crippen LogP contribution in [0.3, 0.4) is 0 Å². The molecule has 0 saturated heterocycles. The number of amides is 1. The molecule has 0 radical (unpaired) electrons. The number of halogens is 2. The number of aryl methyl sites for hydroxylation is 2. The van der Waals surface area contributed by atoms with Gasteiger partial charge in [-0.15, -0.1) is 0 Å². The maximum atomic E-state index is 16.4. The maximum absolute atomic E-state index is 16.4. The van der Waals surface area contributed by atoms with Gasteiger partial charge in [0.15, 0.2) is 5.78 Å². The molecule has 6 nitrogen and oxygen atoms in total. The van der Waals surface area contributed by atoms with Crippen LogP contribution in [0.1, 0.15) is 56.8 Å². The third-order valence-electron chi connectivity index (χ3n) is 7.99. The van der Waals surface area contributed by atoms with E-state index >= 15 is 4.39 Å². The van der Waals surface area contributed by atoms with Crippen LogP contribution in [0.25, 0.3) is 33.4 Å². The highest BCUT2D eigenvalue weighted by Crippen LogP contribution is 2.51. The van der Waals surface area contributed by atoms with Crippen LogP contribution in [-0.2, 0) is 5.41 Å². The van der Waals surface area contributed by atoms with Crippen LogP contribution in [0, 0.1) is 25.5 Å². The number of hydrogen-bond donors (Lipinski definition) is 1. The summed E-state index contributed by atoms with van der Waals surface area (Å²) in [5.74, 6) is -1.50. The standard InChI is InChI=1S/C33H27F2N3O3/c1-18-14-19(2)24(25(39)16-33(11-12-33)27-10-13-37-17-38-27)15-23(18)22-8-9-26-28(30(22)35)29(32(40)36-3)31(41-26)20-4-6-21(34)7-5-20/h4-10,13-15,17H,11-12,16H2,1-3H3,(H,36,40). The molecule has 2 aromatic heterocycles. The van der Waals surface area contributed by atoms with E-state index < -0.39 is 17.5 Å². The summed E-state index contributed by atoms with van der Waals surface area (Å²) in [6.45, 7) is 3.74. The Balaban J connectivity index is 1.45. The average Bonchev–Trinajstić information content (AvgIpc) is 3.64. The molecule has 2 heterocycles. The minimum atomic E-state index is -0.636. The number of Topliss-reactive ketones (excluding diaryl/α,β-unsaturated/α-hetero) is 1. The van der Waals surface area contributed by atoms with E-state index in [0.29, 0.717) is 23.1 Å². The number of carbonyl (C=O) groups is 2. The number of rotatable bonds is 7. The quantitative estimate of drug-likeness (QED) is 0.218. The number of nitrogens with zero attached hydrogens (tertiary/aromatic N) is 2. The van der Waals surface area contributed by atoms with Gasteiger partial charge in [-0.3, -0.25) is 9.59 Å². The molecule has 1 N–H and O–H groups in total. The molecule has 0 spiro atoms. The first-order valence-corrected chi connectivity index (χ1v) is 13.4. The van der Waals surface area contributed by atoms with E-state index in [2.05, 4.69) is 15.3 Å². The SMILES string of the molecule is CNC(=O)c1c(-c2ccc(F)cc2)oc2ccc(-c3cc(C(=O)CC4(c5ccncn5)CC4)c(C)cc3C)c(F)c12. The summed E-state index contributed by atoms with van der Waals surface area (Å²) in [5, 5.41) is 2.58. The van der Waals surface area contributed by atoms with Crippen LogP contribution in [0.4, 0.5) is 8.78 Å². The topological polar surface area (TPSA) is 85.1 Å². The molecule has 0 atom stereocenters. The number of furan rings is 1. The number of benzene rings is 3. The first kappa shape index (κ1) is 26.5. The lowest BCUT2D eigenvalue weighted by molar-refractivity contribution is 0.0958. The smallest absolute Gasteiger partial charge is 0.255 e. The van der Waals surface area contributed by atoms with Crippen LogP contribution in [0.15, 0.2) is 71.5 Å². The summed E-state index contributed by atoms with van der Waals surface area (Å²) < 4.78 is 35.9. The molecule has 5 aromatic rings. The van der Waals surface area contributed by atoms with Crippen LogP contribution < -0.4 is 5.32 Å². The van der Waals surface area contributed by atoms with Gasteiger partial charge in [-0.2, -0.15) is 0 Å². The zero-order chi connectivity index (χ0) is 28.9. The Bertz CT molecular complexity index is 1830.